The first kappa shape index (κ1) is 16.4. The van der Waals surface area contributed by atoms with Crippen LogP contribution in [0, 0.1) is 0 Å². The zero-order valence-corrected chi connectivity index (χ0v) is 12.4. The molecule has 1 amide bonds. The molecule has 0 saturated carbocycles. The maximum atomic E-state index is 10.9. The molecule has 0 aliphatic carbocycles. The largest absolute Gasteiger partial charge is 1.00 e. The van der Waals surface area contributed by atoms with Crippen LogP contribution in [0.5, 0.6) is 5.75 Å². The summed E-state index contributed by atoms with van der Waals surface area (Å²) in [7, 11) is 0. The maximum absolute atomic E-state index is 10.9. The van der Waals surface area contributed by atoms with E-state index in [9.17, 15) is 4.79 Å². The smallest absolute Gasteiger partial charge is 1.00 e. The number of hydroxylamine groups is 1. The van der Waals surface area contributed by atoms with Crippen LogP contribution in [0.4, 0.5) is 0 Å². The minimum Gasteiger partial charge on any atom is -1.00 e. The van der Waals surface area contributed by atoms with Gasteiger partial charge in [-0.05, 0) is 24.1 Å². The molecule has 0 bridgehead atoms. The van der Waals surface area contributed by atoms with E-state index in [4.69, 9.17) is 9.94 Å². The first-order valence-corrected chi connectivity index (χ1v) is 5.41. The van der Waals surface area contributed by atoms with E-state index < -0.39 is 5.91 Å². The average Bonchev–Trinajstić information content (AvgIpc) is 2.31. The Kier molecular flexibility index (Phi) is 9.17. The van der Waals surface area contributed by atoms with Gasteiger partial charge in [0.15, 0.2) is 0 Å². The van der Waals surface area contributed by atoms with Crippen LogP contribution < -0.4 is 39.8 Å². The van der Waals surface area contributed by atoms with Crippen LogP contribution in [0.15, 0.2) is 24.3 Å². The van der Waals surface area contributed by atoms with Gasteiger partial charge >= 0.3 is 29.6 Å². The Balaban J connectivity index is 0. The Bertz CT molecular complexity index is 333. The standard InChI is InChI=1S/C12H17NO3.Na.H/c1-2-3-8-16-11-6-4-10(5-7-11)9-12(14)13-15;;/h4-7,15H,2-3,8-9H2,1H3,(H,13,14);;/q;+1;-1. The predicted octanol–water partition coefficient (Wildman–Crippen LogP) is -0.970. The Morgan fingerprint density at radius 1 is 1.41 bits per heavy atom. The molecule has 4 nitrogen and oxygen atoms in total. The summed E-state index contributed by atoms with van der Waals surface area (Å²) in [5.74, 6) is 0.390. The van der Waals surface area contributed by atoms with Gasteiger partial charge in [0.25, 0.3) is 0 Å². The predicted molar refractivity (Wildman–Crippen MR) is 61.6 cm³/mol. The molecular formula is C12H18NNaO3. The minimum atomic E-state index is -0.417. The van der Waals surface area contributed by atoms with Crippen molar-refractivity contribution in [2.45, 2.75) is 26.2 Å². The van der Waals surface area contributed by atoms with E-state index in [-0.39, 0.29) is 37.4 Å². The summed E-state index contributed by atoms with van der Waals surface area (Å²) in [4.78, 5) is 10.9. The number of hydrogen-bond donors (Lipinski definition) is 2. The van der Waals surface area contributed by atoms with Crippen molar-refractivity contribution in [2.24, 2.45) is 0 Å². The third-order valence-corrected chi connectivity index (χ3v) is 2.18. The molecule has 1 aromatic carbocycles. The van der Waals surface area contributed by atoms with Gasteiger partial charge in [-0.1, -0.05) is 25.5 Å². The van der Waals surface area contributed by atoms with Crippen LogP contribution >= 0.6 is 0 Å². The third kappa shape index (κ3) is 6.68. The molecule has 0 radical (unpaired) electrons. The number of unbranched alkanes of at least 4 members (excludes halogenated alkanes) is 1. The molecule has 0 unspecified atom stereocenters. The first-order valence-electron chi connectivity index (χ1n) is 5.41. The quantitative estimate of drug-likeness (QED) is 0.294. The van der Waals surface area contributed by atoms with E-state index in [1.807, 2.05) is 24.3 Å². The molecule has 17 heavy (non-hydrogen) atoms. The van der Waals surface area contributed by atoms with Gasteiger partial charge in [-0.25, -0.2) is 5.48 Å². The molecule has 0 fully saturated rings. The van der Waals surface area contributed by atoms with Gasteiger partial charge in [0.2, 0.25) is 5.91 Å². The normalized spacial score (nSPS) is 9.29. The molecule has 0 aliphatic heterocycles. The molecule has 0 aliphatic rings. The second kappa shape index (κ2) is 9.48. The van der Waals surface area contributed by atoms with Gasteiger partial charge in [0.1, 0.15) is 5.75 Å². The summed E-state index contributed by atoms with van der Waals surface area (Å²) < 4.78 is 5.48. The van der Waals surface area contributed by atoms with E-state index in [1.165, 1.54) is 0 Å². The number of carbonyl (C=O) groups excluding carboxylic acids is 1. The monoisotopic (exact) mass is 247 g/mol. The third-order valence-electron chi connectivity index (χ3n) is 2.18. The number of amides is 1. The number of carbonyl (C=O) groups is 1. The Morgan fingerprint density at radius 3 is 2.59 bits per heavy atom. The van der Waals surface area contributed by atoms with E-state index in [1.54, 1.807) is 5.48 Å². The number of benzene rings is 1. The topological polar surface area (TPSA) is 58.6 Å². The van der Waals surface area contributed by atoms with Gasteiger partial charge in [0.05, 0.1) is 13.0 Å². The number of ether oxygens (including phenoxy) is 1. The summed E-state index contributed by atoms with van der Waals surface area (Å²) in [6, 6.07) is 7.29. The molecule has 0 saturated heterocycles. The second-order valence-corrected chi connectivity index (χ2v) is 3.56. The molecule has 0 atom stereocenters. The fourth-order valence-electron chi connectivity index (χ4n) is 1.26. The van der Waals surface area contributed by atoms with Gasteiger partial charge in [-0.3, -0.25) is 10.0 Å². The van der Waals surface area contributed by atoms with Crippen molar-refractivity contribution < 1.29 is 45.7 Å². The van der Waals surface area contributed by atoms with E-state index in [2.05, 4.69) is 6.92 Å². The summed E-state index contributed by atoms with van der Waals surface area (Å²) in [5.41, 5.74) is 2.44. The Morgan fingerprint density at radius 2 is 2.06 bits per heavy atom. The van der Waals surface area contributed by atoms with Crippen molar-refractivity contribution in [2.75, 3.05) is 6.61 Å². The number of nitrogens with one attached hydrogen (secondary N) is 1. The Labute approximate surface area is 125 Å². The SMILES string of the molecule is CCCCOc1ccc(CC(=O)NO)cc1.[H-].[Na+]. The first-order chi connectivity index (χ1) is 7.76. The van der Waals surface area contributed by atoms with Crippen LogP contribution in [0.1, 0.15) is 26.8 Å². The molecule has 0 spiro atoms. The minimum absolute atomic E-state index is 0. The van der Waals surface area contributed by atoms with Crippen molar-refractivity contribution in [1.29, 1.82) is 0 Å². The molecule has 5 heteroatoms. The van der Waals surface area contributed by atoms with Gasteiger partial charge in [0, 0.05) is 0 Å². The van der Waals surface area contributed by atoms with E-state index >= 15 is 0 Å². The summed E-state index contributed by atoms with van der Waals surface area (Å²) in [6.07, 6.45) is 2.31. The molecule has 0 aromatic heterocycles. The van der Waals surface area contributed by atoms with Crippen molar-refractivity contribution in [3.63, 3.8) is 0 Å². The van der Waals surface area contributed by atoms with Gasteiger partial charge in [-0.15, -0.1) is 0 Å². The van der Waals surface area contributed by atoms with Crippen molar-refractivity contribution in [3.05, 3.63) is 29.8 Å². The van der Waals surface area contributed by atoms with Crippen molar-refractivity contribution >= 4 is 5.91 Å². The molecule has 90 valence electrons. The van der Waals surface area contributed by atoms with Crippen molar-refractivity contribution in [3.8, 4) is 5.75 Å². The molecule has 1 aromatic rings. The van der Waals surface area contributed by atoms with Crippen LogP contribution in [0.3, 0.4) is 0 Å². The number of hydrogen-bond acceptors (Lipinski definition) is 3. The Hall–Kier alpha value is -0.550. The van der Waals surface area contributed by atoms with E-state index in [0.29, 0.717) is 6.61 Å². The fourth-order valence-corrected chi connectivity index (χ4v) is 1.26. The summed E-state index contributed by atoms with van der Waals surface area (Å²) >= 11 is 0. The van der Waals surface area contributed by atoms with E-state index in [0.717, 1.165) is 24.2 Å². The zero-order chi connectivity index (χ0) is 11.8. The van der Waals surface area contributed by atoms with Crippen molar-refractivity contribution in [1.82, 2.24) is 5.48 Å². The summed E-state index contributed by atoms with van der Waals surface area (Å²) in [6.45, 7) is 2.83. The van der Waals surface area contributed by atoms with Gasteiger partial charge in [-0.2, -0.15) is 0 Å². The summed E-state index contributed by atoms with van der Waals surface area (Å²) in [5, 5.41) is 8.37. The fraction of sp³-hybridized carbons (Fsp3) is 0.417. The maximum Gasteiger partial charge on any atom is 1.00 e. The molecule has 1 rings (SSSR count). The number of rotatable bonds is 6. The van der Waals surface area contributed by atoms with Crippen LogP contribution in [0.2, 0.25) is 0 Å². The molecular weight excluding hydrogens is 229 g/mol. The van der Waals surface area contributed by atoms with Crippen LogP contribution in [-0.4, -0.2) is 17.7 Å². The van der Waals surface area contributed by atoms with Crippen LogP contribution in [0.25, 0.3) is 0 Å². The van der Waals surface area contributed by atoms with Crippen LogP contribution in [-0.2, 0) is 11.2 Å². The molecule has 2 N–H and O–H groups in total. The molecule has 0 heterocycles. The second-order valence-electron chi connectivity index (χ2n) is 3.56. The zero-order valence-electron chi connectivity index (χ0n) is 11.4. The van der Waals surface area contributed by atoms with Gasteiger partial charge < -0.3 is 6.16 Å². The average molecular weight is 247 g/mol.